The summed E-state index contributed by atoms with van der Waals surface area (Å²) < 4.78 is 13.4. The van der Waals surface area contributed by atoms with E-state index in [0.29, 0.717) is 12.5 Å². The molecule has 1 heterocycles. The van der Waals surface area contributed by atoms with Crippen LogP contribution in [-0.2, 0) is 4.79 Å². The third-order valence-electron chi connectivity index (χ3n) is 5.02. The minimum absolute atomic E-state index is 0. The number of aliphatic imine (C=N–C) groups is 1. The van der Waals surface area contributed by atoms with E-state index >= 15 is 0 Å². The van der Waals surface area contributed by atoms with Gasteiger partial charge in [-0.3, -0.25) is 9.79 Å². The molecule has 3 N–H and O–H groups in total. The Morgan fingerprint density at radius 1 is 1.39 bits per heavy atom. The van der Waals surface area contributed by atoms with Gasteiger partial charge in [0.15, 0.2) is 5.96 Å². The number of amides is 1. The van der Waals surface area contributed by atoms with Crippen LogP contribution in [0.3, 0.4) is 0 Å². The SMILES string of the molecule is CN=C(NCC(C)(C)C(=O)NC)NC1CCCN(c2ccc(F)cc2C)C1.I. The molecule has 0 aromatic heterocycles. The highest BCUT2D eigenvalue weighted by Crippen LogP contribution is 2.24. The van der Waals surface area contributed by atoms with Crippen LogP contribution in [-0.4, -0.2) is 51.6 Å². The van der Waals surface area contributed by atoms with Gasteiger partial charge in [0, 0.05) is 45.5 Å². The van der Waals surface area contributed by atoms with Crippen molar-refractivity contribution in [2.24, 2.45) is 10.4 Å². The van der Waals surface area contributed by atoms with Crippen LogP contribution in [0.25, 0.3) is 0 Å². The maximum atomic E-state index is 13.4. The number of halogens is 2. The number of anilines is 1. The number of nitrogens with one attached hydrogen (secondary N) is 3. The Kier molecular flexibility index (Phi) is 9.46. The molecule has 1 aromatic carbocycles. The largest absolute Gasteiger partial charge is 0.369 e. The number of piperidine rings is 1. The summed E-state index contributed by atoms with van der Waals surface area (Å²) in [5.41, 5.74) is 1.49. The summed E-state index contributed by atoms with van der Waals surface area (Å²) in [6, 6.07) is 5.18. The van der Waals surface area contributed by atoms with Gasteiger partial charge in [-0.25, -0.2) is 4.39 Å². The molecule has 0 spiro atoms. The number of benzene rings is 1. The third kappa shape index (κ3) is 6.49. The first-order valence-corrected chi connectivity index (χ1v) is 9.47. The van der Waals surface area contributed by atoms with E-state index in [1.807, 2.05) is 26.8 Å². The Morgan fingerprint density at radius 3 is 2.71 bits per heavy atom. The van der Waals surface area contributed by atoms with Crippen LogP contribution in [0, 0.1) is 18.2 Å². The molecular weight excluding hydrogens is 472 g/mol. The average Bonchev–Trinajstić information content (AvgIpc) is 2.64. The van der Waals surface area contributed by atoms with E-state index in [2.05, 4.69) is 25.8 Å². The highest BCUT2D eigenvalue weighted by atomic mass is 127. The molecule has 1 aliphatic heterocycles. The Balaban J connectivity index is 0.00000392. The van der Waals surface area contributed by atoms with Gasteiger partial charge in [-0.2, -0.15) is 0 Å². The van der Waals surface area contributed by atoms with Crippen molar-refractivity contribution in [1.82, 2.24) is 16.0 Å². The van der Waals surface area contributed by atoms with Crippen molar-refractivity contribution in [2.45, 2.75) is 39.7 Å². The van der Waals surface area contributed by atoms with Crippen molar-refractivity contribution in [1.29, 1.82) is 0 Å². The molecule has 1 aromatic rings. The number of hydrogen-bond acceptors (Lipinski definition) is 3. The summed E-state index contributed by atoms with van der Waals surface area (Å²) in [4.78, 5) is 18.5. The molecule has 1 unspecified atom stereocenters. The molecule has 6 nitrogen and oxygen atoms in total. The van der Waals surface area contributed by atoms with Crippen molar-refractivity contribution >= 4 is 41.5 Å². The molecule has 1 atom stereocenters. The molecular formula is C20H33FIN5O. The smallest absolute Gasteiger partial charge is 0.227 e. The first-order valence-electron chi connectivity index (χ1n) is 9.47. The summed E-state index contributed by atoms with van der Waals surface area (Å²) in [5.74, 6) is 0.474. The fraction of sp³-hybridized carbons (Fsp3) is 0.600. The van der Waals surface area contributed by atoms with Crippen molar-refractivity contribution in [2.75, 3.05) is 38.6 Å². The van der Waals surface area contributed by atoms with Crippen molar-refractivity contribution in [3.63, 3.8) is 0 Å². The van der Waals surface area contributed by atoms with Crippen molar-refractivity contribution in [3.8, 4) is 0 Å². The van der Waals surface area contributed by atoms with Crippen LogP contribution in [0.15, 0.2) is 23.2 Å². The van der Waals surface area contributed by atoms with Crippen LogP contribution in [0.4, 0.5) is 10.1 Å². The predicted molar refractivity (Wildman–Crippen MR) is 124 cm³/mol. The molecule has 0 saturated carbocycles. The predicted octanol–water partition coefficient (Wildman–Crippen LogP) is 2.66. The van der Waals surface area contributed by atoms with Gasteiger partial charge in [0.1, 0.15) is 5.82 Å². The molecule has 28 heavy (non-hydrogen) atoms. The molecule has 1 fully saturated rings. The molecule has 1 saturated heterocycles. The highest BCUT2D eigenvalue weighted by Gasteiger charge is 2.27. The zero-order chi connectivity index (χ0) is 20.0. The summed E-state index contributed by atoms with van der Waals surface area (Å²) in [6.45, 7) is 8.00. The highest BCUT2D eigenvalue weighted by molar-refractivity contribution is 14.0. The molecule has 8 heteroatoms. The first-order chi connectivity index (χ1) is 12.8. The normalized spacial score (nSPS) is 17.6. The van der Waals surface area contributed by atoms with E-state index in [1.54, 1.807) is 20.2 Å². The monoisotopic (exact) mass is 505 g/mol. The molecule has 158 valence electrons. The number of carbonyl (C=O) groups excluding carboxylic acids is 1. The minimum atomic E-state index is -0.532. The number of guanidine groups is 1. The van der Waals surface area contributed by atoms with E-state index in [-0.39, 0.29) is 41.7 Å². The Bertz CT molecular complexity index is 695. The molecule has 2 rings (SSSR count). The fourth-order valence-electron chi connectivity index (χ4n) is 3.40. The standard InChI is InChI=1S/C20H32FN5O.HI/c1-14-11-15(21)8-9-17(14)26-10-6-7-16(12-26)25-19(23-5)24-13-20(2,3)18(27)22-4;/h8-9,11,16H,6-7,10,12-13H2,1-5H3,(H,22,27)(H2,23,24,25);1H. The van der Waals surface area contributed by atoms with Gasteiger partial charge in [0.25, 0.3) is 0 Å². The average molecular weight is 505 g/mol. The summed E-state index contributed by atoms with van der Waals surface area (Å²) in [7, 11) is 3.37. The molecule has 1 aliphatic rings. The van der Waals surface area contributed by atoms with E-state index in [9.17, 15) is 9.18 Å². The van der Waals surface area contributed by atoms with Crippen molar-refractivity contribution in [3.05, 3.63) is 29.6 Å². The van der Waals surface area contributed by atoms with Crippen LogP contribution >= 0.6 is 24.0 Å². The fourth-order valence-corrected chi connectivity index (χ4v) is 3.40. The zero-order valence-corrected chi connectivity index (χ0v) is 19.8. The molecule has 0 radical (unpaired) electrons. The number of aryl methyl sites for hydroxylation is 1. The first kappa shape index (κ1) is 24.5. The van der Waals surface area contributed by atoms with Crippen LogP contribution in [0.5, 0.6) is 0 Å². The lowest BCUT2D eigenvalue weighted by molar-refractivity contribution is -0.128. The second kappa shape index (κ2) is 10.8. The zero-order valence-electron chi connectivity index (χ0n) is 17.4. The number of rotatable bonds is 5. The summed E-state index contributed by atoms with van der Waals surface area (Å²) >= 11 is 0. The van der Waals surface area contributed by atoms with Gasteiger partial charge in [0.05, 0.1) is 5.41 Å². The van der Waals surface area contributed by atoms with Crippen molar-refractivity contribution < 1.29 is 9.18 Å². The van der Waals surface area contributed by atoms with Gasteiger partial charge in [-0.15, -0.1) is 24.0 Å². The topological polar surface area (TPSA) is 68.8 Å². The van der Waals surface area contributed by atoms with Gasteiger partial charge in [-0.1, -0.05) is 0 Å². The second-order valence-corrected chi connectivity index (χ2v) is 7.75. The summed E-state index contributed by atoms with van der Waals surface area (Å²) in [6.07, 6.45) is 2.09. The maximum Gasteiger partial charge on any atom is 0.227 e. The number of carbonyl (C=O) groups is 1. The molecule has 0 aliphatic carbocycles. The minimum Gasteiger partial charge on any atom is -0.369 e. The second-order valence-electron chi connectivity index (χ2n) is 7.75. The van der Waals surface area contributed by atoms with E-state index < -0.39 is 5.41 Å². The lowest BCUT2D eigenvalue weighted by Crippen LogP contribution is -2.53. The van der Waals surface area contributed by atoms with E-state index in [0.717, 1.165) is 37.2 Å². The van der Waals surface area contributed by atoms with E-state index in [4.69, 9.17) is 0 Å². The Morgan fingerprint density at radius 2 is 2.11 bits per heavy atom. The Labute approximate surface area is 184 Å². The number of nitrogens with zero attached hydrogens (tertiary/aromatic N) is 2. The van der Waals surface area contributed by atoms with Gasteiger partial charge < -0.3 is 20.9 Å². The van der Waals surface area contributed by atoms with Crippen LogP contribution in [0.1, 0.15) is 32.3 Å². The number of hydrogen-bond donors (Lipinski definition) is 3. The third-order valence-corrected chi connectivity index (χ3v) is 5.02. The van der Waals surface area contributed by atoms with E-state index in [1.165, 1.54) is 6.07 Å². The lowest BCUT2D eigenvalue weighted by Gasteiger charge is -2.36. The van der Waals surface area contributed by atoms with Gasteiger partial charge >= 0.3 is 0 Å². The molecule has 1 amide bonds. The maximum absolute atomic E-state index is 13.4. The Hall–Kier alpha value is -1.58. The van der Waals surface area contributed by atoms with Gasteiger partial charge in [0.2, 0.25) is 5.91 Å². The van der Waals surface area contributed by atoms with Crippen LogP contribution < -0.4 is 20.9 Å². The van der Waals surface area contributed by atoms with Crippen LogP contribution in [0.2, 0.25) is 0 Å². The summed E-state index contributed by atoms with van der Waals surface area (Å²) in [5, 5.41) is 9.40. The van der Waals surface area contributed by atoms with Gasteiger partial charge in [-0.05, 0) is 57.4 Å². The lowest BCUT2D eigenvalue weighted by atomic mass is 9.92. The quantitative estimate of drug-likeness (QED) is 0.327. The molecule has 0 bridgehead atoms.